The van der Waals surface area contributed by atoms with Gasteiger partial charge in [-0.05, 0) is 19.9 Å². The fourth-order valence-electron chi connectivity index (χ4n) is 1.72. The lowest BCUT2D eigenvalue weighted by Crippen LogP contribution is -2.43. The summed E-state index contributed by atoms with van der Waals surface area (Å²) in [7, 11) is 0. The molecule has 0 aliphatic carbocycles. The number of nitrogens with one attached hydrogen (secondary N) is 2. The number of carbonyl (C=O) groups excluding carboxylic acids is 2. The van der Waals surface area contributed by atoms with Crippen molar-refractivity contribution in [3.05, 3.63) is 29.8 Å². The van der Waals surface area contributed by atoms with Crippen molar-refractivity contribution < 1.29 is 9.59 Å². The Labute approximate surface area is 147 Å². The number of nitrogens with zero attached hydrogens (tertiary/aromatic N) is 2. The summed E-state index contributed by atoms with van der Waals surface area (Å²) in [5.41, 5.74) is 2.03. The van der Waals surface area contributed by atoms with E-state index in [-0.39, 0.29) is 0 Å². The molecule has 0 saturated carbocycles. The van der Waals surface area contributed by atoms with Crippen molar-refractivity contribution in [3.63, 3.8) is 0 Å². The van der Waals surface area contributed by atoms with Crippen molar-refractivity contribution >= 4 is 51.5 Å². The molecular formula is C14H14Cl2N4O2S. The van der Waals surface area contributed by atoms with Crippen LogP contribution in [0.5, 0.6) is 0 Å². The third-order valence-corrected chi connectivity index (χ3v) is 4.15. The zero-order valence-electron chi connectivity index (χ0n) is 12.3. The van der Waals surface area contributed by atoms with Crippen molar-refractivity contribution in [1.29, 1.82) is 0 Å². The minimum atomic E-state index is -1.22. The first-order valence-electron chi connectivity index (χ1n) is 6.66. The van der Waals surface area contributed by atoms with Crippen molar-refractivity contribution in [2.24, 2.45) is 0 Å². The zero-order valence-corrected chi connectivity index (χ0v) is 14.7. The van der Waals surface area contributed by atoms with Gasteiger partial charge in [-0.3, -0.25) is 14.9 Å². The van der Waals surface area contributed by atoms with Gasteiger partial charge >= 0.3 is 0 Å². The number of aryl methyl sites for hydroxylation is 1. The molecule has 1 aromatic heterocycles. The van der Waals surface area contributed by atoms with Gasteiger partial charge in [-0.15, -0.1) is 10.2 Å². The van der Waals surface area contributed by atoms with Crippen LogP contribution in [-0.2, 0) is 9.59 Å². The molecule has 1 aromatic carbocycles. The van der Waals surface area contributed by atoms with E-state index < -0.39 is 22.7 Å². The number of hydrogen-bond donors (Lipinski definition) is 2. The quantitative estimate of drug-likeness (QED) is 0.790. The first kappa shape index (κ1) is 17.7. The summed E-state index contributed by atoms with van der Waals surface area (Å²) in [5.74, 6) is -1.06. The number of alkyl halides is 2. The Morgan fingerprint density at radius 3 is 2.61 bits per heavy atom. The van der Waals surface area contributed by atoms with Crippen molar-refractivity contribution in [1.82, 2.24) is 15.5 Å². The van der Waals surface area contributed by atoms with Crippen LogP contribution < -0.4 is 10.6 Å². The summed E-state index contributed by atoms with van der Waals surface area (Å²) in [4.78, 5) is 22.1. The summed E-state index contributed by atoms with van der Waals surface area (Å²) in [6.45, 7) is 3.50. The van der Waals surface area contributed by atoms with Crippen LogP contribution in [-0.4, -0.2) is 32.9 Å². The van der Waals surface area contributed by atoms with Gasteiger partial charge < -0.3 is 5.32 Å². The first-order valence-corrected chi connectivity index (χ1v) is 8.35. The standard InChI is InChI=1S/C14H14Cl2N4O2S/c1-7-4-3-5-9(6-7)13-19-20-14(23-13)18-11(21)8(2)17-12(22)10(15)16/h3-6,8,10H,1-2H3,(H,17,22)(H,18,20,21). The number of anilines is 1. The van der Waals surface area contributed by atoms with E-state index in [0.717, 1.165) is 11.1 Å². The SMILES string of the molecule is Cc1cccc(-c2nnc(NC(=O)C(C)NC(=O)C(Cl)Cl)s2)c1. The summed E-state index contributed by atoms with van der Waals surface area (Å²) < 4.78 is 0. The molecular weight excluding hydrogens is 359 g/mol. The summed E-state index contributed by atoms with van der Waals surface area (Å²) in [6, 6.07) is 7.02. The van der Waals surface area contributed by atoms with Crippen LogP contribution in [0.3, 0.4) is 0 Å². The third kappa shape index (κ3) is 4.89. The second-order valence-corrected chi connectivity index (χ2v) is 6.88. The van der Waals surface area contributed by atoms with Gasteiger partial charge in [0, 0.05) is 5.56 Å². The lowest BCUT2D eigenvalue weighted by molar-refractivity contribution is -0.125. The van der Waals surface area contributed by atoms with Gasteiger partial charge in [0.25, 0.3) is 5.91 Å². The predicted molar refractivity (Wildman–Crippen MR) is 91.8 cm³/mol. The largest absolute Gasteiger partial charge is 0.342 e. The molecule has 0 fully saturated rings. The lowest BCUT2D eigenvalue weighted by atomic mass is 10.1. The highest BCUT2D eigenvalue weighted by Crippen LogP contribution is 2.26. The topological polar surface area (TPSA) is 84.0 Å². The van der Waals surface area contributed by atoms with Gasteiger partial charge in [0.2, 0.25) is 11.0 Å². The molecule has 1 heterocycles. The fraction of sp³-hybridized carbons (Fsp3) is 0.286. The molecule has 2 N–H and O–H groups in total. The fourth-order valence-corrected chi connectivity index (χ4v) is 2.59. The predicted octanol–water partition coefficient (Wildman–Crippen LogP) is 2.76. The van der Waals surface area contributed by atoms with E-state index in [1.165, 1.54) is 18.3 Å². The first-order chi connectivity index (χ1) is 10.9. The van der Waals surface area contributed by atoms with E-state index in [1.807, 2.05) is 31.2 Å². The number of hydrogen-bond acceptors (Lipinski definition) is 5. The van der Waals surface area contributed by atoms with Crippen LogP contribution in [0.15, 0.2) is 24.3 Å². The number of amides is 2. The highest BCUT2D eigenvalue weighted by Gasteiger charge is 2.20. The van der Waals surface area contributed by atoms with Crippen LogP contribution in [0.4, 0.5) is 5.13 Å². The van der Waals surface area contributed by atoms with Gasteiger partial charge in [0.1, 0.15) is 11.0 Å². The second kappa shape index (κ2) is 7.72. The molecule has 9 heteroatoms. The van der Waals surface area contributed by atoms with Crippen molar-refractivity contribution in [3.8, 4) is 10.6 Å². The van der Waals surface area contributed by atoms with Gasteiger partial charge in [0.05, 0.1) is 0 Å². The van der Waals surface area contributed by atoms with E-state index in [1.54, 1.807) is 0 Å². The molecule has 0 radical (unpaired) electrons. The Morgan fingerprint density at radius 1 is 1.22 bits per heavy atom. The molecule has 0 saturated heterocycles. The van der Waals surface area contributed by atoms with Gasteiger partial charge in [-0.25, -0.2) is 0 Å². The van der Waals surface area contributed by atoms with Crippen LogP contribution in [0, 0.1) is 6.92 Å². The van der Waals surface area contributed by atoms with E-state index in [4.69, 9.17) is 23.2 Å². The van der Waals surface area contributed by atoms with E-state index >= 15 is 0 Å². The normalized spacial score (nSPS) is 12.0. The Bertz CT molecular complexity index is 720. The summed E-state index contributed by atoms with van der Waals surface area (Å²) in [6.07, 6.45) is 0. The van der Waals surface area contributed by atoms with Gasteiger partial charge in [-0.1, -0.05) is 58.3 Å². The monoisotopic (exact) mass is 372 g/mol. The van der Waals surface area contributed by atoms with Crippen LogP contribution in [0.1, 0.15) is 12.5 Å². The molecule has 23 heavy (non-hydrogen) atoms. The van der Waals surface area contributed by atoms with Crippen LogP contribution in [0.2, 0.25) is 0 Å². The molecule has 2 aromatic rings. The molecule has 6 nitrogen and oxygen atoms in total. The van der Waals surface area contributed by atoms with E-state index in [9.17, 15) is 9.59 Å². The maximum Gasteiger partial charge on any atom is 0.253 e. The molecule has 0 aliphatic heterocycles. The number of carbonyl (C=O) groups is 2. The van der Waals surface area contributed by atoms with E-state index in [2.05, 4.69) is 20.8 Å². The van der Waals surface area contributed by atoms with Gasteiger partial charge in [-0.2, -0.15) is 0 Å². The van der Waals surface area contributed by atoms with Crippen molar-refractivity contribution in [2.45, 2.75) is 24.7 Å². The maximum atomic E-state index is 12.0. The van der Waals surface area contributed by atoms with Crippen LogP contribution >= 0.6 is 34.5 Å². The summed E-state index contributed by atoms with van der Waals surface area (Å²) in [5, 5.41) is 14.0. The lowest BCUT2D eigenvalue weighted by Gasteiger charge is -2.12. The Balaban J connectivity index is 2.01. The Hall–Kier alpha value is -1.70. The Kier molecular flexibility index (Phi) is 5.92. The molecule has 0 bridgehead atoms. The molecule has 0 aliphatic rings. The Morgan fingerprint density at radius 2 is 1.96 bits per heavy atom. The van der Waals surface area contributed by atoms with E-state index in [0.29, 0.717) is 10.1 Å². The molecule has 1 atom stereocenters. The minimum Gasteiger partial charge on any atom is -0.342 e. The second-order valence-electron chi connectivity index (χ2n) is 4.80. The average molecular weight is 373 g/mol. The number of benzene rings is 1. The average Bonchev–Trinajstić information content (AvgIpc) is 2.95. The molecule has 122 valence electrons. The maximum absolute atomic E-state index is 12.0. The summed E-state index contributed by atoms with van der Waals surface area (Å²) >= 11 is 12.1. The van der Waals surface area contributed by atoms with Crippen LogP contribution in [0.25, 0.3) is 10.6 Å². The molecule has 0 spiro atoms. The van der Waals surface area contributed by atoms with Gasteiger partial charge in [0.15, 0.2) is 4.84 Å². The minimum absolute atomic E-state index is 0.348. The van der Waals surface area contributed by atoms with Crippen molar-refractivity contribution in [2.75, 3.05) is 5.32 Å². The third-order valence-electron chi connectivity index (χ3n) is 2.87. The highest BCUT2D eigenvalue weighted by atomic mass is 35.5. The zero-order chi connectivity index (χ0) is 17.0. The molecule has 1 unspecified atom stereocenters. The number of aromatic nitrogens is 2. The molecule has 2 amide bonds. The number of rotatable bonds is 5. The molecule has 2 rings (SSSR count). The smallest absolute Gasteiger partial charge is 0.253 e. The highest BCUT2D eigenvalue weighted by molar-refractivity contribution is 7.18. The number of halogens is 2.